The van der Waals surface area contributed by atoms with Gasteiger partial charge in [0, 0.05) is 11.3 Å². The molecule has 1 aromatic carbocycles. The van der Waals surface area contributed by atoms with Crippen LogP contribution >= 0.6 is 11.8 Å². The van der Waals surface area contributed by atoms with Crippen molar-refractivity contribution >= 4 is 21.8 Å². The number of sulfonamides is 1. The highest BCUT2D eigenvalue weighted by atomic mass is 32.2. The van der Waals surface area contributed by atoms with Crippen LogP contribution in [0.25, 0.3) is 0 Å². The summed E-state index contributed by atoms with van der Waals surface area (Å²) in [6.45, 7) is 5.97. The van der Waals surface area contributed by atoms with Crippen LogP contribution in [0.15, 0.2) is 29.2 Å². The zero-order chi connectivity index (χ0) is 16.0. The molecule has 0 aliphatic carbocycles. The van der Waals surface area contributed by atoms with Crippen molar-refractivity contribution in [1.29, 1.82) is 0 Å². The van der Waals surface area contributed by atoms with Crippen molar-refractivity contribution in [2.24, 2.45) is 5.92 Å². The van der Waals surface area contributed by atoms with Crippen LogP contribution in [0.3, 0.4) is 0 Å². The van der Waals surface area contributed by atoms with Gasteiger partial charge in [-0.15, -0.1) is 0 Å². The summed E-state index contributed by atoms with van der Waals surface area (Å²) < 4.78 is 27.2. The predicted molar refractivity (Wildman–Crippen MR) is 89.2 cm³/mol. The lowest BCUT2D eigenvalue weighted by Crippen LogP contribution is -2.41. The third-order valence-corrected chi connectivity index (χ3v) is 6.00. The molecule has 0 radical (unpaired) electrons. The minimum absolute atomic E-state index is 0.0574. The summed E-state index contributed by atoms with van der Waals surface area (Å²) in [4.78, 5) is 0.264. The quantitative estimate of drug-likeness (QED) is 0.767. The summed E-state index contributed by atoms with van der Waals surface area (Å²) in [6, 6.07) is 6.67. The Bertz CT molecular complexity index is 522. The van der Waals surface area contributed by atoms with Crippen LogP contribution in [0.1, 0.15) is 26.3 Å². The smallest absolute Gasteiger partial charge is 0.240 e. The molecule has 120 valence electrons. The van der Waals surface area contributed by atoms with Crippen molar-refractivity contribution in [1.82, 2.24) is 4.72 Å². The van der Waals surface area contributed by atoms with E-state index in [0.717, 1.165) is 12.0 Å². The zero-order valence-corrected chi connectivity index (χ0v) is 14.7. The first-order valence-corrected chi connectivity index (χ1v) is 9.82. The lowest BCUT2D eigenvalue weighted by Gasteiger charge is -2.21. The first-order valence-electron chi connectivity index (χ1n) is 7.05. The number of nitrogens with one attached hydrogen (secondary N) is 1. The van der Waals surface area contributed by atoms with Gasteiger partial charge in [0.25, 0.3) is 0 Å². The Morgan fingerprint density at radius 1 is 1.19 bits per heavy atom. The number of hydrogen-bond donors (Lipinski definition) is 2. The maximum absolute atomic E-state index is 12.3. The van der Waals surface area contributed by atoms with E-state index in [9.17, 15) is 13.5 Å². The molecule has 0 saturated carbocycles. The summed E-state index contributed by atoms with van der Waals surface area (Å²) in [6.07, 6.45) is 2.79. The number of benzene rings is 1. The van der Waals surface area contributed by atoms with Gasteiger partial charge >= 0.3 is 0 Å². The lowest BCUT2D eigenvalue weighted by atomic mass is 10.0. The van der Waals surface area contributed by atoms with E-state index in [-0.39, 0.29) is 22.8 Å². The second-order valence-electron chi connectivity index (χ2n) is 5.61. The summed E-state index contributed by atoms with van der Waals surface area (Å²) in [5.41, 5.74) is 1.13. The Balaban J connectivity index is 2.83. The molecule has 0 aliphatic heterocycles. The van der Waals surface area contributed by atoms with Crippen molar-refractivity contribution in [3.05, 3.63) is 29.8 Å². The molecule has 2 unspecified atom stereocenters. The van der Waals surface area contributed by atoms with Crippen molar-refractivity contribution in [3.8, 4) is 0 Å². The van der Waals surface area contributed by atoms with E-state index in [2.05, 4.69) is 18.6 Å². The van der Waals surface area contributed by atoms with Crippen LogP contribution in [0.5, 0.6) is 0 Å². The van der Waals surface area contributed by atoms with Crippen LogP contribution in [0, 0.1) is 5.92 Å². The van der Waals surface area contributed by atoms with E-state index >= 15 is 0 Å². The van der Waals surface area contributed by atoms with Gasteiger partial charge in [0.05, 0.1) is 11.5 Å². The molecule has 0 aromatic heterocycles. The van der Waals surface area contributed by atoms with Gasteiger partial charge in [-0.05, 0) is 43.2 Å². The molecular weight excluding hydrogens is 306 g/mol. The highest BCUT2D eigenvalue weighted by molar-refractivity contribution is 7.99. The topological polar surface area (TPSA) is 66.4 Å². The third-order valence-electron chi connectivity index (χ3n) is 3.26. The molecule has 0 fully saturated rings. The third kappa shape index (κ3) is 5.62. The lowest BCUT2D eigenvalue weighted by molar-refractivity contribution is 0.282. The van der Waals surface area contributed by atoms with Gasteiger partial charge in [-0.2, -0.15) is 11.8 Å². The van der Waals surface area contributed by atoms with E-state index in [1.54, 1.807) is 19.1 Å². The summed E-state index contributed by atoms with van der Waals surface area (Å²) in [7, 11) is -3.54. The predicted octanol–water partition coefficient (Wildman–Crippen LogP) is 2.28. The van der Waals surface area contributed by atoms with Gasteiger partial charge in [-0.3, -0.25) is 0 Å². The molecule has 21 heavy (non-hydrogen) atoms. The summed E-state index contributed by atoms with van der Waals surface area (Å²) in [5.74, 6) is 0.539. The van der Waals surface area contributed by atoms with E-state index in [4.69, 9.17) is 0 Å². The van der Waals surface area contributed by atoms with Gasteiger partial charge in [-0.25, -0.2) is 13.1 Å². The Morgan fingerprint density at radius 2 is 1.76 bits per heavy atom. The molecule has 2 atom stereocenters. The van der Waals surface area contributed by atoms with Crippen LogP contribution in [0.4, 0.5) is 0 Å². The van der Waals surface area contributed by atoms with Crippen LogP contribution in [-0.2, 0) is 16.4 Å². The molecule has 1 aromatic rings. The number of thioether (sulfide) groups is 1. The van der Waals surface area contributed by atoms with Crippen molar-refractivity contribution < 1.29 is 13.5 Å². The number of rotatable bonds is 8. The van der Waals surface area contributed by atoms with Crippen molar-refractivity contribution in [3.63, 3.8) is 0 Å². The van der Waals surface area contributed by atoms with Gasteiger partial charge in [0.1, 0.15) is 0 Å². The zero-order valence-electron chi connectivity index (χ0n) is 13.0. The fourth-order valence-electron chi connectivity index (χ4n) is 2.10. The minimum atomic E-state index is -3.54. The highest BCUT2D eigenvalue weighted by Gasteiger charge is 2.22. The van der Waals surface area contributed by atoms with Crippen LogP contribution in [-0.4, -0.2) is 37.7 Å². The van der Waals surface area contributed by atoms with E-state index in [0.29, 0.717) is 5.92 Å². The first kappa shape index (κ1) is 18.5. The fraction of sp³-hybridized carbons (Fsp3) is 0.600. The maximum atomic E-state index is 12.3. The Morgan fingerprint density at radius 3 is 2.19 bits per heavy atom. The van der Waals surface area contributed by atoms with Crippen molar-refractivity contribution in [2.45, 2.75) is 43.4 Å². The molecular formula is C15H25NO3S2. The highest BCUT2D eigenvalue weighted by Crippen LogP contribution is 2.16. The maximum Gasteiger partial charge on any atom is 0.240 e. The molecule has 0 spiro atoms. The molecule has 0 aliphatic rings. The number of hydrogen-bond acceptors (Lipinski definition) is 4. The van der Waals surface area contributed by atoms with Crippen LogP contribution < -0.4 is 4.72 Å². The molecule has 0 saturated heterocycles. The van der Waals surface area contributed by atoms with Crippen LogP contribution in [0.2, 0.25) is 0 Å². The molecule has 4 nitrogen and oxygen atoms in total. The molecule has 6 heteroatoms. The van der Waals surface area contributed by atoms with E-state index < -0.39 is 10.0 Å². The SMILES string of the molecule is CSC(CO)C(C)NS(=O)(=O)c1ccc(CC(C)C)cc1. The Labute approximate surface area is 132 Å². The second kappa shape index (κ2) is 8.17. The van der Waals surface area contributed by atoms with Gasteiger partial charge in [0.15, 0.2) is 0 Å². The molecule has 0 bridgehead atoms. The normalized spacial score (nSPS) is 15.1. The molecule has 0 amide bonds. The summed E-state index contributed by atoms with van der Waals surface area (Å²) >= 11 is 1.45. The standard InChI is InChI=1S/C15H25NO3S2/c1-11(2)9-13-5-7-14(8-6-13)21(18,19)16-12(3)15(10-17)20-4/h5-8,11-12,15-17H,9-10H2,1-4H3. The van der Waals surface area contributed by atoms with Gasteiger partial charge in [0.2, 0.25) is 10.0 Å². The number of aliphatic hydroxyl groups is 1. The minimum Gasteiger partial charge on any atom is -0.395 e. The molecule has 1 rings (SSSR count). The number of aliphatic hydroxyl groups excluding tert-OH is 1. The van der Waals surface area contributed by atoms with E-state index in [1.165, 1.54) is 11.8 Å². The van der Waals surface area contributed by atoms with Gasteiger partial charge < -0.3 is 5.11 Å². The molecule has 2 N–H and O–H groups in total. The summed E-state index contributed by atoms with van der Waals surface area (Å²) in [5, 5.41) is 9.08. The average molecular weight is 332 g/mol. The van der Waals surface area contributed by atoms with E-state index in [1.807, 2.05) is 18.4 Å². The average Bonchev–Trinajstić information content (AvgIpc) is 2.39. The largest absolute Gasteiger partial charge is 0.395 e. The second-order valence-corrected chi connectivity index (χ2v) is 8.40. The Kier molecular flexibility index (Phi) is 7.20. The molecule has 0 heterocycles. The van der Waals surface area contributed by atoms with Gasteiger partial charge in [-0.1, -0.05) is 26.0 Å². The Hall–Kier alpha value is -0.560. The first-order chi connectivity index (χ1) is 9.80. The van der Waals surface area contributed by atoms with Crippen molar-refractivity contribution in [2.75, 3.05) is 12.9 Å². The fourth-order valence-corrected chi connectivity index (χ4v) is 4.10. The monoisotopic (exact) mass is 331 g/mol.